The second-order valence-electron chi connectivity index (χ2n) is 5.56. The van der Waals surface area contributed by atoms with E-state index in [1.807, 2.05) is 23.6 Å². The molecule has 4 rings (SSSR count). The van der Waals surface area contributed by atoms with E-state index in [4.69, 9.17) is 8.83 Å². The topological polar surface area (TPSA) is 88.6 Å². The highest BCUT2D eigenvalue weighted by atomic mass is 32.1. The Morgan fingerprint density at radius 2 is 2.12 bits per heavy atom. The van der Waals surface area contributed by atoms with E-state index in [9.17, 15) is 4.79 Å². The number of thiophene rings is 1. The molecule has 0 fully saturated rings. The fourth-order valence-corrected chi connectivity index (χ4v) is 3.61. The van der Waals surface area contributed by atoms with Crippen LogP contribution in [0.4, 0.5) is 0 Å². The van der Waals surface area contributed by atoms with Crippen LogP contribution in [-0.4, -0.2) is 9.97 Å². The van der Waals surface area contributed by atoms with Crippen molar-refractivity contribution in [1.82, 2.24) is 9.97 Å². The highest BCUT2D eigenvalue weighted by Crippen LogP contribution is 2.30. The van der Waals surface area contributed by atoms with E-state index >= 15 is 0 Å². The summed E-state index contributed by atoms with van der Waals surface area (Å²) in [6.45, 7) is 2.62. The van der Waals surface area contributed by atoms with Gasteiger partial charge in [0.25, 0.3) is 5.56 Å². The average Bonchev–Trinajstić information content (AvgIpc) is 3.31. The Labute approximate surface area is 141 Å². The van der Waals surface area contributed by atoms with Crippen LogP contribution in [0.25, 0.3) is 21.5 Å². The lowest BCUT2D eigenvalue weighted by Crippen LogP contribution is -2.83. The Hall–Kier alpha value is -2.64. The molecule has 0 bridgehead atoms. The Bertz CT molecular complexity index is 1000. The van der Waals surface area contributed by atoms with Crippen LogP contribution in [0, 0.1) is 0 Å². The SMILES string of the molecule is C[C@H]([NH2+]Cc1nc2scc(-c3ccco3)c2c(=O)[nH]1)c1ccco1. The van der Waals surface area contributed by atoms with Gasteiger partial charge in [0.15, 0.2) is 11.6 Å². The van der Waals surface area contributed by atoms with Gasteiger partial charge in [0.05, 0.1) is 17.9 Å². The number of quaternary nitrogens is 1. The molecule has 0 saturated heterocycles. The van der Waals surface area contributed by atoms with E-state index < -0.39 is 0 Å². The largest absolute Gasteiger partial charge is 0.464 e. The van der Waals surface area contributed by atoms with Gasteiger partial charge < -0.3 is 19.1 Å². The molecule has 1 atom stereocenters. The number of hydrogen-bond donors (Lipinski definition) is 2. The zero-order valence-electron chi connectivity index (χ0n) is 13.0. The number of fused-ring (bicyclic) bond motifs is 1. The van der Waals surface area contributed by atoms with Crippen molar-refractivity contribution in [1.29, 1.82) is 0 Å². The molecule has 0 aromatic carbocycles. The van der Waals surface area contributed by atoms with Crippen LogP contribution in [-0.2, 0) is 6.54 Å². The number of nitrogens with one attached hydrogen (secondary N) is 1. The van der Waals surface area contributed by atoms with Gasteiger partial charge in [-0.15, -0.1) is 11.3 Å². The molecule has 6 nitrogen and oxygen atoms in total. The second kappa shape index (κ2) is 6.10. The van der Waals surface area contributed by atoms with E-state index in [2.05, 4.69) is 22.2 Å². The van der Waals surface area contributed by atoms with Crippen LogP contribution in [0.5, 0.6) is 0 Å². The zero-order valence-corrected chi connectivity index (χ0v) is 13.8. The molecule has 3 N–H and O–H groups in total. The number of nitrogens with zero attached hydrogens (tertiary/aromatic N) is 1. The third-order valence-corrected chi connectivity index (χ3v) is 4.81. The van der Waals surface area contributed by atoms with Crippen molar-refractivity contribution in [3.63, 3.8) is 0 Å². The number of hydrogen-bond acceptors (Lipinski definition) is 5. The first-order valence-corrected chi connectivity index (χ1v) is 8.51. The highest BCUT2D eigenvalue weighted by molar-refractivity contribution is 7.17. The summed E-state index contributed by atoms with van der Waals surface area (Å²) in [5.74, 6) is 2.23. The highest BCUT2D eigenvalue weighted by Gasteiger charge is 2.16. The van der Waals surface area contributed by atoms with E-state index in [1.54, 1.807) is 18.6 Å². The van der Waals surface area contributed by atoms with Crippen LogP contribution in [0.15, 0.2) is 55.8 Å². The standard InChI is InChI=1S/C17H15N3O3S/c1-10(12-4-2-6-22-12)18-8-14-19-16(21)15-11(9-24-17(15)20-14)13-5-3-7-23-13/h2-7,9-10,18H,8H2,1H3,(H,19,20,21)/p+1/t10-/m0/s1. The van der Waals surface area contributed by atoms with E-state index in [1.165, 1.54) is 11.3 Å². The smallest absolute Gasteiger partial charge is 0.260 e. The average molecular weight is 342 g/mol. The molecule has 24 heavy (non-hydrogen) atoms. The molecule has 0 saturated carbocycles. The van der Waals surface area contributed by atoms with Gasteiger partial charge in [-0.2, -0.15) is 0 Å². The van der Waals surface area contributed by atoms with Crippen molar-refractivity contribution >= 4 is 21.6 Å². The summed E-state index contributed by atoms with van der Waals surface area (Å²) in [6, 6.07) is 7.61. The number of furan rings is 2. The molecule has 0 radical (unpaired) electrons. The Kier molecular flexibility index (Phi) is 3.79. The first kappa shape index (κ1) is 14.9. The fraction of sp³-hybridized carbons (Fsp3) is 0.176. The lowest BCUT2D eigenvalue weighted by atomic mass is 10.2. The van der Waals surface area contributed by atoms with Gasteiger partial charge in [0.1, 0.15) is 23.2 Å². The maximum absolute atomic E-state index is 12.5. The second-order valence-corrected chi connectivity index (χ2v) is 6.42. The minimum absolute atomic E-state index is 0.137. The maximum atomic E-state index is 12.5. The summed E-state index contributed by atoms with van der Waals surface area (Å²) in [7, 11) is 0. The summed E-state index contributed by atoms with van der Waals surface area (Å²) >= 11 is 1.45. The van der Waals surface area contributed by atoms with Gasteiger partial charge in [-0.1, -0.05) is 0 Å². The number of aromatic nitrogens is 2. The maximum Gasteiger partial charge on any atom is 0.260 e. The first-order chi connectivity index (χ1) is 11.7. The summed E-state index contributed by atoms with van der Waals surface area (Å²) in [5.41, 5.74) is 0.648. The van der Waals surface area contributed by atoms with Gasteiger partial charge in [-0.05, 0) is 31.2 Å². The summed E-state index contributed by atoms with van der Waals surface area (Å²) in [4.78, 5) is 20.7. The normalized spacial score (nSPS) is 12.7. The molecule has 0 aliphatic heterocycles. The van der Waals surface area contributed by atoms with Crippen LogP contribution < -0.4 is 10.9 Å². The van der Waals surface area contributed by atoms with Crippen molar-refractivity contribution in [2.75, 3.05) is 0 Å². The van der Waals surface area contributed by atoms with Gasteiger partial charge in [0, 0.05) is 10.9 Å². The monoisotopic (exact) mass is 342 g/mol. The molecule has 122 valence electrons. The summed E-state index contributed by atoms with van der Waals surface area (Å²) in [5, 5.41) is 4.56. The fourth-order valence-electron chi connectivity index (χ4n) is 2.66. The van der Waals surface area contributed by atoms with Crippen LogP contribution in [0.2, 0.25) is 0 Å². The molecular formula is C17H16N3O3S+. The van der Waals surface area contributed by atoms with E-state index in [0.717, 1.165) is 16.2 Å². The van der Waals surface area contributed by atoms with Gasteiger partial charge in [-0.3, -0.25) is 4.79 Å². The van der Waals surface area contributed by atoms with Gasteiger partial charge in [-0.25, -0.2) is 4.98 Å². The third kappa shape index (κ3) is 2.68. The summed E-state index contributed by atoms with van der Waals surface area (Å²) < 4.78 is 10.8. The number of aromatic amines is 1. The zero-order chi connectivity index (χ0) is 16.5. The summed E-state index contributed by atoms with van der Waals surface area (Å²) in [6.07, 6.45) is 3.26. The quantitative estimate of drug-likeness (QED) is 0.583. The molecule has 4 aromatic rings. The molecule has 0 aliphatic carbocycles. The van der Waals surface area contributed by atoms with E-state index in [0.29, 0.717) is 23.5 Å². The molecular weight excluding hydrogens is 326 g/mol. The Morgan fingerprint density at radius 1 is 1.29 bits per heavy atom. The predicted molar refractivity (Wildman–Crippen MR) is 90.7 cm³/mol. The Balaban J connectivity index is 1.61. The lowest BCUT2D eigenvalue weighted by Gasteiger charge is -2.07. The molecule has 0 aliphatic rings. The first-order valence-electron chi connectivity index (χ1n) is 7.63. The molecule has 0 spiro atoms. The van der Waals surface area contributed by atoms with Crippen molar-refractivity contribution in [3.05, 3.63) is 64.1 Å². The van der Waals surface area contributed by atoms with Crippen molar-refractivity contribution < 1.29 is 14.2 Å². The number of H-pyrrole nitrogens is 1. The Morgan fingerprint density at radius 3 is 2.88 bits per heavy atom. The van der Waals surface area contributed by atoms with Crippen LogP contribution >= 0.6 is 11.3 Å². The molecule has 0 unspecified atom stereocenters. The minimum atomic E-state index is -0.137. The van der Waals surface area contributed by atoms with Crippen molar-refractivity contribution in [3.8, 4) is 11.3 Å². The van der Waals surface area contributed by atoms with E-state index in [-0.39, 0.29) is 11.6 Å². The number of nitrogens with two attached hydrogens (primary N) is 1. The predicted octanol–water partition coefficient (Wildman–Crippen LogP) is 2.66. The molecule has 4 aromatic heterocycles. The van der Waals surface area contributed by atoms with Crippen molar-refractivity contribution in [2.45, 2.75) is 19.5 Å². The van der Waals surface area contributed by atoms with Crippen LogP contribution in [0.1, 0.15) is 24.6 Å². The molecule has 4 heterocycles. The number of rotatable bonds is 5. The van der Waals surface area contributed by atoms with Gasteiger partial charge in [0.2, 0.25) is 0 Å². The lowest BCUT2D eigenvalue weighted by molar-refractivity contribution is -0.710. The van der Waals surface area contributed by atoms with Crippen molar-refractivity contribution in [2.24, 2.45) is 0 Å². The van der Waals surface area contributed by atoms with Gasteiger partial charge >= 0.3 is 0 Å². The van der Waals surface area contributed by atoms with Crippen LogP contribution in [0.3, 0.4) is 0 Å². The molecule has 0 amide bonds. The minimum Gasteiger partial charge on any atom is -0.464 e. The third-order valence-electron chi connectivity index (χ3n) is 3.94. The molecule has 7 heteroatoms.